The zero-order valence-electron chi connectivity index (χ0n) is 9.74. The van der Waals surface area contributed by atoms with Crippen molar-refractivity contribution in [2.45, 2.75) is 13.5 Å². The molecule has 5 heteroatoms. The molecule has 2 aromatic rings. The molecule has 0 fully saturated rings. The molecule has 0 aliphatic heterocycles. The van der Waals surface area contributed by atoms with Crippen molar-refractivity contribution in [3.8, 4) is 0 Å². The van der Waals surface area contributed by atoms with E-state index in [4.69, 9.17) is 5.73 Å². The third kappa shape index (κ3) is 2.90. The van der Waals surface area contributed by atoms with Gasteiger partial charge in [0.25, 0.3) is 0 Å². The molecule has 0 unspecified atom stereocenters. The Kier molecular flexibility index (Phi) is 3.49. The molecule has 17 heavy (non-hydrogen) atoms. The van der Waals surface area contributed by atoms with Crippen LogP contribution in [0.25, 0.3) is 0 Å². The fraction of sp³-hybridized carbons (Fsp3) is 0.250. The first-order valence-electron chi connectivity index (χ1n) is 5.53. The van der Waals surface area contributed by atoms with E-state index < -0.39 is 0 Å². The molecule has 0 aliphatic carbocycles. The van der Waals surface area contributed by atoms with Crippen LogP contribution >= 0.6 is 0 Å². The van der Waals surface area contributed by atoms with Crippen molar-refractivity contribution in [3.63, 3.8) is 0 Å². The zero-order valence-corrected chi connectivity index (χ0v) is 9.74. The smallest absolute Gasteiger partial charge is 0.227 e. The summed E-state index contributed by atoms with van der Waals surface area (Å²) in [6.07, 6.45) is 3.45. The average molecular weight is 229 g/mol. The van der Waals surface area contributed by atoms with Gasteiger partial charge in [-0.15, -0.1) is 0 Å². The quantitative estimate of drug-likeness (QED) is 0.860. The molecular weight excluding hydrogens is 214 g/mol. The highest BCUT2D eigenvalue weighted by atomic mass is 15.3. The molecule has 0 saturated heterocycles. The van der Waals surface area contributed by atoms with Crippen LogP contribution in [0.1, 0.15) is 12.6 Å². The van der Waals surface area contributed by atoms with Gasteiger partial charge in [0.2, 0.25) is 5.95 Å². The lowest BCUT2D eigenvalue weighted by atomic mass is 10.3. The van der Waals surface area contributed by atoms with Gasteiger partial charge < -0.3 is 10.6 Å². The number of rotatable bonds is 4. The molecule has 0 bridgehead atoms. The second-order valence-electron chi connectivity index (χ2n) is 3.62. The summed E-state index contributed by atoms with van der Waals surface area (Å²) in [7, 11) is 0. The van der Waals surface area contributed by atoms with Crippen molar-refractivity contribution in [2.24, 2.45) is 0 Å². The van der Waals surface area contributed by atoms with Gasteiger partial charge in [0.15, 0.2) is 0 Å². The topological polar surface area (TPSA) is 67.9 Å². The Morgan fingerprint density at radius 1 is 1.18 bits per heavy atom. The highest BCUT2D eigenvalue weighted by molar-refractivity contribution is 5.37. The SMILES string of the molecule is CCN(Cc1ccccn1)c1nccc(N)n1. The second-order valence-corrected chi connectivity index (χ2v) is 3.62. The van der Waals surface area contributed by atoms with Crippen molar-refractivity contribution >= 4 is 11.8 Å². The van der Waals surface area contributed by atoms with Crippen LogP contribution in [-0.4, -0.2) is 21.5 Å². The van der Waals surface area contributed by atoms with Gasteiger partial charge in [0.05, 0.1) is 12.2 Å². The minimum atomic E-state index is 0.481. The molecule has 2 heterocycles. The summed E-state index contributed by atoms with van der Waals surface area (Å²) in [5.74, 6) is 1.12. The third-order valence-electron chi connectivity index (χ3n) is 2.41. The summed E-state index contributed by atoms with van der Waals surface area (Å²) >= 11 is 0. The van der Waals surface area contributed by atoms with Gasteiger partial charge >= 0.3 is 0 Å². The maximum absolute atomic E-state index is 5.65. The molecule has 2 rings (SSSR count). The van der Waals surface area contributed by atoms with Crippen LogP contribution in [0.2, 0.25) is 0 Å². The number of hydrogen-bond acceptors (Lipinski definition) is 5. The first-order chi connectivity index (χ1) is 8.29. The van der Waals surface area contributed by atoms with Crippen LogP contribution in [-0.2, 0) is 6.54 Å². The Hall–Kier alpha value is -2.17. The summed E-state index contributed by atoms with van der Waals surface area (Å²) in [5.41, 5.74) is 6.64. The minimum absolute atomic E-state index is 0.481. The monoisotopic (exact) mass is 229 g/mol. The van der Waals surface area contributed by atoms with E-state index in [1.807, 2.05) is 23.1 Å². The van der Waals surface area contributed by atoms with Crippen LogP contribution in [0.15, 0.2) is 36.7 Å². The van der Waals surface area contributed by atoms with Gasteiger partial charge in [0, 0.05) is 18.9 Å². The van der Waals surface area contributed by atoms with Crippen molar-refractivity contribution in [3.05, 3.63) is 42.4 Å². The van der Waals surface area contributed by atoms with Gasteiger partial charge in [0.1, 0.15) is 5.82 Å². The molecule has 0 spiro atoms. The number of hydrogen-bond donors (Lipinski definition) is 1. The normalized spacial score (nSPS) is 10.2. The van der Waals surface area contributed by atoms with Gasteiger partial charge in [-0.2, -0.15) is 4.98 Å². The van der Waals surface area contributed by atoms with Gasteiger partial charge in [-0.3, -0.25) is 4.98 Å². The maximum Gasteiger partial charge on any atom is 0.227 e. The van der Waals surface area contributed by atoms with Crippen LogP contribution in [0.5, 0.6) is 0 Å². The Bertz CT molecular complexity index is 471. The minimum Gasteiger partial charge on any atom is -0.384 e. The predicted octanol–water partition coefficient (Wildman–Crippen LogP) is 1.48. The summed E-state index contributed by atoms with van der Waals surface area (Å²) in [6.45, 7) is 3.54. The van der Waals surface area contributed by atoms with Crippen molar-refractivity contribution in [2.75, 3.05) is 17.2 Å². The lowest BCUT2D eigenvalue weighted by Crippen LogP contribution is -2.24. The lowest BCUT2D eigenvalue weighted by Gasteiger charge is -2.20. The fourth-order valence-electron chi connectivity index (χ4n) is 1.53. The summed E-state index contributed by atoms with van der Waals surface area (Å²) in [5, 5.41) is 0. The van der Waals surface area contributed by atoms with Crippen molar-refractivity contribution in [1.29, 1.82) is 0 Å². The van der Waals surface area contributed by atoms with Crippen LogP contribution in [0.4, 0.5) is 11.8 Å². The summed E-state index contributed by atoms with van der Waals surface area (Å²) in [6, 6.07) is 7.53. The van der Waals surface area contributed by atoms with Gasteiger partial charge in [-0.25, -0.2) is 4.98 Å². The van der Waals surface area contributed by atoms with E-state index in [-0.39, 0.29) is 0 Å². The van der Waals surface area contributed by atoms with E-state index in [0.29, 0.717) is 18.3 Å². The van der Waals surface area contributed by atoms with Crippen molar-refractivity contribution < 1.29 is 0 Å². The molecule has 88 valence electrons. The van der Waals surface area contributed by atoms with E-state index in [9.17, 15) is 0 Å². The molecule has 0 saturated carbocycles. The van der Waals surface area contributed by atoms with Crippen LogP contribution in [0.3, 0.4) is 0 Å². The molecule has 0 atom stereocenters. The van der Waals surface area contributed by atoms with Crippen molar-refractivity contribution in [1.82, 2.24) is 15.0 Å². The summed E-state index contributed by atoms with van der Waals surface area (Å²) < 4.78 is 0. The number of nitrogens with two attached hydrogens (primary N) is 1. The predicted molar refractivity (Wildman–Crippen MR) is 67.4 cm³/mol. The number of nitrogens with zero attached hydrogens (tertiary/aromatic N) is 4. The Morgan fingerprint density at radius 2 is 2.06 bits per heavy atom. The number of anilines is 2. The lowest BCUT2D eigenvalue weighted by molar-refractivity contribution is 0.775. The first-order valence-corrected chi connectivity index (χ1v) is 5.53. The zero-order chi connectivity index (χ0) is 12.1. The molecule has 0 radical (unpaired) electrons. The molecule has 2 N–H and O–H groups in total. The first kappa shape index (κ1) is 11.3. The highest BCUT2D eigenvalue weighted by Crippen LogP contribution is 2.11. The molecule has 5 nitrogen and oxygen atoms in total. The van der Waals surface area contributed by atoms with E-state index in [1.165, 1.54) is 0 Å². The largest absolute Gasteiger partial charge is 0.384 e. The Morgan fingerprint density at radius 3 is 2.71 bits per heavy atom. The Labute approximate surface area is 100 Å². The fourth-order valence-corrected chi connectivity index (χ4v) is 1.53. The molecule has 0 aliphatic rings. The van der Waals surface area contributed by atoms with Crippen LogP contribution in [0, 0.1) is 0 Å². The molecule has 2 aromatic heterocycles. The highest BCUT2D eigenvalue weighted by Gasteiger charge is 2.08. The molecule has 0 aromatic carbocycles. The van der Waals surface area contributed by atoms with Gasteiger partial charge in [-0.1, -0.05) is 6.07 Å². The Balaban J connectivity index is 2.17. The molecular formula is C12H15N5. The van der Waals surface area contributed by atoms with E-state index in [1.54, 1.807) is 18.5 Å². The number of aromatic nitrogens is 3. The van der Waals surface area contributed by atoms with Crippen LogP contribution < -0.4 is 10.6 Å². The number of pyridine rings is 1. The third-order valence-corrected chi connectivity index (χ3v) is 2.41. The van der Waals surface area contributed by atoms with E-state index >= 15 is 0 Å². The average Bonchev–Trinajstić information content (AvgIpc) is 2.37. The molecule has 0 amide bonds. The standard InChI is InChI=1S/C12H15N5/c1-2-17(9-10-5-3-4-7-14-10)12-15-8-6-11(13)16-12/h3-8H,2,9H2,1H3,(H2,13,15,16). The summed E-state index contributed by atoms with van der Waals surface area (Å²) in [4.78, 5) is 14.7. The van der Waals surface area contributed by atoms with E-state index in [2.05, 4.69) is 21.9 Å². The number of nitrogen functional groups attached to an aromatic ring is 1. The second kappa shape index (κ2) is 5.25. The maximum atomic E-state index is 5.65. The van der Waals surface area contributed by atoms with Gasteiger partial charge in [-0.05, 0) is 25.1 Å². The van der Waals surface area contributed by atoms with E-state index in [0.717, 1.165) is 12.2 Å².